The van der Waals surface area contributed by atoms with E-state index in [1.807, 2.05) is 50.2 Å². The second-order valence-electron chi connectivity index (χ2n) is 7.86. The van der Waals surface area contributed by atoms with Gasteiger partial charge in [0.1, 0.15) is 5.88 Å². The number of rotatable bonds is 5. The lowest BCUT2D eigenvalue weighted by molar-refractivity contribution is -0.116. The van der Waals surface area contributed by atoms with Gasteiger partial charge in [-0.2, -0.15) is 0 Å². The Hall–Kier alpha value is -3.03. The van der Waals surface area contributed by atoms with Crippen LogP contribution in [0.1, 0.15) is 17.3 Å². The summed E-state index contributed by atoms with van der Waals surface area (Å²) < 4.78 is 29.1. The maximum Gasteiger partial charge on any atom is 0.266 e. The minimum absolute atomic E-state index is 0.160. The Bertz CT molecular complexity index is 1240. The Balaban J connectivity index is 1.93. The van der Waals surface area contributed by atoms with Crippen LogP contribution in [0.15, 0.2) is 77.7 Å². The van der Waals surface area contributed by atoms with E-state index < -0.39 is 16.2 Å². The van der Waals surface area contributed by atoms with Crippen molar-refractivity contribution in [3.05, 3.63) is 83.9 Å². The first-order valence-corrected chi connectivity index (χ1v) is 12.1. The number of aryl methyl sites for hydroxylation is 1. The van der Waals surface area contributed by atoms with Crippen LogP contribution in [0.4, 0.5) is 17.1 Å². The number of hydrogen-bond donors (Lipinski definition) is 0. The summed E-state index contributed by atoms with van der Waals surface area (Å²) in [5.74, 6) is -0.638. The van der Waals surface area contributed by atoms with Crippen LogP contribution in [0.5, 0.6) is 0 Å². The molecule has 8 heteroatoms. The molecular weight excluding hydrogens is 446 g/mol. The van der Waals surface area contributed by atoms with Crippen molar-refractivity contribution in [3.63, 3.8) is 0 Å². The molecule has 1 aliphatic heterocycles. The van der Waals surface area contributed by atoms with E-state index in [1.165, 1.54) is 9.21 Å². The van der Waals surface area contributed by atoms with Crippen molar-refractivity contribution >= 4 is 44.6 Å². The monoisotopic (exact) mass is 469 g/mol. The maximum atomic E-state index is 13.9. The van der Waals surface area contributed by atoms with Crippen molar-refractivity contribution in [2.45, 2.75) is 18.0 Å². The van der Waals surface area contributed by atoms with Gasteiger partial charge in [-0.15, -0.1) is 11.6 Å². The molecule has 0 aliphatic carbocycles. The number of benzene rings is 3. The van der Waals surface area contributed by atoms with Crippen LogP contribution >= 0.6 is 11.6 Å². The van der Waals surface area contributed by atoms with Crippen LogP contribution < -0.4 is 14.1 Å². The molecule has 0 fully saturated rings. The first kappa shape index (κ1) is 22.2. The van der Waals surface area contributed by atoms with Crippen LogP contribution in [-0.4, -0.2) is 34.3 Å². The summed E-state index contributed by atoms with van der Waals surface area (Å²) in [7, 11) is -0.124. The predicted molar refractivity (Wildman–Crippen MR) is 129 cm³/mol. The third-order valence-corrected chi connectivity index (χ3v) is 7.52. The molecule has 32 heavy (non-hydrogen) atoms. The lowest BCUT2D eigenvalue weighted by Gasteiger charge is -2.31. The molecule has 0 saturated heterocycles. The quantitative estimate of drug-likeness (QED) is 0.515. The number of nitrogens with zero attached hydrogens (tertiary/aromatic N) is 3. The van der Waals surface area contributed by atoms with Crippen LogP contribution in [0.3, 0.4) is 0 Å². The van der Waals surface area contributed by atoms with Crippen molar-refractivity contribution in [1.82, 2.24) is 0 Å². The molecule has 3 aromatic rings. The minimum Gasteiger partial charge on any atom is -0.378 e. The second kappa shape index (κ2) is 8.48. The first-order chi connectivity index (χ1) is 15.3. The van der Waals surface area contributed by atoms with Crippen molar-refractivity contribution in [2.75, 3.05) is 34.1 Å². The highest BCUT2D eigenvalue weighted by Gasteiger charge is 2.46. The Morgan fingerprint density at radius 1 is 0.938 bits per heavy atom. The van der Waals surface area contributed by atoms with E-state index in [2.05, 4.69) is 0 Å². The van der Waals surface area contributed by atoms with Crippen LogP contribution in [0, 0.1) is 6.92 Å². The smallest absolute Gasteiger partial charge is 0.266 e. The van der Waals surface area contributed by atoms with E-state index in [0.717, 1.165) is 11.3 Å². The molecule has 3 aromatic carbocycles. The third kappa shape index (κ3) is 3.72. The average molecular weight is 470 g/mol. The maximum absolute atomic E-state index is 13.9. The molecule has 1 unspecified atom stereocenters. The number of alkyl halides is 1. The summed E-state index contributed by atoms with van der Waals surface area (Å²) in [5, 5.41) is 0. The number of hydrogen-bond acceptors (Lipinski definition) is 4. The SMILES string of the molecule is Cc1ccc(S(=O)(=O)N2c3ccccc3N(C(=O)CCl)C2c2ccc(N(C)C)cc2)cc1. The minimum atomic E-state index is -3.98. The van der Waals surface area contributed by atoms with Crippen molar-refractivity contribution in [1.29, 1.82) is 0 Å². The second-order valence-corrected chi connectivity index (χ2v) is 9.94. The number of halogens is 1. The molecule has 4 rings (SSSR count). The molecule has 1 amide bonds. The molecule has 0 aromatic heterocycles. The zero-order valence-corrected chi connectivity index (χ0v) is 19.6. The Labute approximate surface area is 193 Å². The summed E-state index contributed by atoms with van der Waals surface area (Å²) in [5.41, 5.74) is 3.54. The standard InChI is InChI=1S/C24H24ClN3O3S/c1-17-8-14-20(15-9-17)32(30,31)28-22-7-5-4-6-21(22)27(23(29)16-25)24(28)18-10-12-19(13-11-18)26(2)3/h4-15,24H,16H2,1-3H3. The van der Waals surface area contributed by atoms with Gasteiger partial charge in [-0.05, 0) is 48.9 Å². The van der Waals surface area contributed by atoms with Gasteiger partial charge >= 0.3 is 0 Å². The van der Waals surface area contributed by atoms with E-state index in [0.29, 0.717) is 16.9 Å². The number of carbonyl (C=O) groups is 1. The number of anilines is 3. The lowest BCUT2D eigenvalue weighted by atomic mass is 10.1. The van der Waals surface area contributed by atoms with Crippen LogP contribution in [0.25, 0.3) is 0 Å². The van der Waals surface area contributed by atoms with Gasteiger partial charge in [0.25, 0.3) is 10.0 Å². The van der Waals surface area contributed by atoms with Crippen molar-refractivity contribution < 1.29 is 13.2 Å². The van der Waals surface area contributed by atoms with Gasteiger partial charge in [0.05, 0.1) is 16.3 Å². The fraction of sp³-hybridized carbons (Fsp3) is 0.208. The fourth-order valence-corrected chi connectivity index (χ4v) is 5.60. The molecule has 166 valence electrons. The first-order valence-electron chi connectivity index (χ1n) is 10.1. The predicted octanol–water partition coefficient (Wildman–Crippen LogP) is 4.54. The van der Waals surface area contributed by atoms with Crippen molar-refractivity contribution in [3.8, 4) is 0 Å². The van der Waals surface area contributed by atoms with Gasteiger partial charge < -0.3 is 4.90 Å². The van der Waals surface area contributed by atoms with Crippen LogP contribution in [0.2, 0.25) is 0 Å². The zero-order chi connectivity index (χ0) is 23.0. The summed E-state index contributed by atoms with van der Waals surface area (Å²) in [6.45, 7) is 1.90. The van der Waals surface area contributed by atoms with E-state index in [9.17, 15) is 13.2 Å². The molecule has 0 saturated carbocycles. The summed E-state index contributed by atoms with van der Waals surface area (Å²) in [6, 6.07) is 21.2. The molecule has 1 heterocycles. The van der Waals surface area contributed by atoms with E-state index in [4.69, 9.17) is 11.6 Å². The summed E-state index contributed by atoms with van der Waals surface area (Å²) in [6.07, 6.45) is -0.888. The Morgan fingerprint density at radius 2 is 1.53 bits per heavy atom. The molecule has 0 spiro atoms. The highest BCUT2D eigenvalue weighted by molar-refractivity contribution is 7.92. The largest absolute Gasteiger partial charge is 0.378 e. The summed E-state index contributed by atoms with van der Waals surface area (Å²) in [4.78, 5) is 16.5. The highest BCUT2D eigenvalue weighted by Crippen LogP contribution is 2.49. The van der Waals surface area contributed by atoms with Crippen molar-refractivity contribution in [2.24, 2.45) is 0 Å². The Morgan fingerprint density at radius 3 is 2.09 bits per heavy atom. The highest BCUT2D eigenvalue weighted by atomic mass is 35.5. The molecule has 1 atom stereocenters. The average Bonchev–Trinajstić information content (AvgIpc) is 3.15. The summed E-state index contributed by atoms with van der Waals surface area (Å²) >= 11 is 5.95. The number of carbonyl (C=O) groups excluding carboxylic acids is 1. The number of fused-ring (bicyclic) bond motifs is 1. The number of sulfonamides is 1. The third-order valence-electron chi connectivity index (χ3n) is 5.51. The normalized spacial score (nSPS) is 15.6. The van der Waals surface area contributed by atoms with Crippen LogP contribution in [-0.2, 0) is 14.8 Å². The Kier molecular flexibility index (Phi) is 5.88. The molecule has 6 nitrogen and oxygen atoms in total. The zero-order valence-electron chi connectivity index (χ0n) is 18.1. The molecular formula is C24H24ClN3O3S. The molecule has 0 N–H and O–H groups in total. The van der Waals surface area contributed by atoms with Gasteiger partial charge in [0, 0.05) is 19.8 Å². The number of para-hydroxylation sites is 2. The van der Waals surface area contributed by atoms with E-state index in [-0.39, 0.29) is 16.7 Å². The van der Waals surface area contributed by atoms with E-state index in [1.54, 1.807) is 48.5 Å². The molecule has 1 aliphatic rings. The molecule has 0 bridgehead atoms. The van der Waals surface area contributed by atoms with Gasteiger partial charge in [0.2, 0.25) is 5.91 Å². The van der Waals surface area contributed by atoms with Gasteiger partial charge in [0.15, 0.2) is 6.17 Å². The lowest BCUT2D eigenvalue weighted by Crippen LogP contribution is -2.42. The molecule has 0 radical (unpaired) electrons. The topological polar surface area (TPSA) is 60.9 Å². The fourth-order valence-electron chi connectivity index (χ4n) is 3.87. The van der Waals surface area contributed by atoms with Gasteiger partial charge in [-0.25, -0.2) is 12.7 Å². The number of amides is 1. The van der Waals surface area contributed by atoms with E-state index >= 15 is 0 Å². The van der Waals surface area contributed by atoms with Gasteiger partial charge in [-0.3, -0.25) is 9.69 Å². The van der Waals surface area contributed by atoms with Gasteiger partial charge in [-0.1, -0.05) is 42.0 Å².